The smallest absolute Gasteiger partial charge is 0.410 e. The highest BCUT2D eigenvalue weighted by molar-refractivity contribution is 5.85. The summed E-state index contributed by atoms with van der Waals surface area (Å²) < 4.78 is 29.2. The zero-order valence-corrected chi connectivity index (χ0v) is 31.3. The van der Waals surface area contributed by atoms with E-state index in [0.29, 0.717) is 67.5 Å². The first-order valence-corrected chi connectivity index (χ1v) is 17.8. The minimum atomic E-state index is -0.554. The van der Waals surface area contributed by atoms with Crippen LogP contribution in [0.4, 0.5) is 16.8 Å². The summed E-state index contributed by atoms with van der Waals surface area (Å²) >= 11 is 0. The summed E-state index contributed by atoms with van der Waals surface area (Å²) in [5.41, 5.74) is 1.99. The Bertz CT molecular complexity index is 2010. The van der Waals surface area contributed by atoms with Crippen molar-refractivity contribution in [3.63, 3.8) is 0 Å². The number of nitrogens with zero attached hydrogens (tertiary/aromatic N) is 9. The molecule has 0 saturated carbocycles. The molecule has 8 heterocycles. The molecule has 0 aliphatic carbocycles. The Morgan fingerprint density at radius 2 is 1.30 bits per heavy atom. The molecule has 6 aromatic heterocycles. The molecule has 6 aromatic rings. The maximum atomic E-state index is 12.6. The lowest BCUT2D eigenvalue weighted by Crippen LogP contribution is -2.57. The normalized spacial score (nSPS) is 17.4. The monoisotopic (exact) mass is 757 g/mol. The van der Waals surface area contributed by atoms with Gasteiger partial charge >= 0.3 is 6.09 Å². The van der Waals surface area contributed by atoms with Crippen molar-refractivity contribution in [3.05, 3.63) is 85.7 Å². The molecule has 1 amide bonds. The second-order valence-electron chi connectivity index (χ2n) is 13.8. The summed E-state index contributed by atoms with van der Waals surface area (Å²) in [6, 6.07) is 16.0. The number of aromatic nitrogens is 6. The van der Waals surface area contributed by atoms with Gasteiger partial charge in [-0.25, -0.2) is 14.8 Å². The van der Waals surface area contributed by atoms with Crippen LogP contribution >= 0.6 is 12.4 Å². The second kappa shape index (κ2) is 17.4. The number of ether oxygens (including phenoxy) is 3. The molecular weight excluding hydrogens is 714 g/mol. The van der Waals surface area contributed by atoms with Gasteiger partial charge in [0.15, 0.2) is 11.2 Å². The van der Waals surface area contributed by atoms with Gasteiger partial charge in [0.05, 0.1) is 24.5 Å². The zero-order valence-electron chi connectivity index (χ0n) is 30.5. The molecule has 16 heteroatoms. The van der Waals surface area contributed by atoms with Crippen LogP contribution in [0, 0.1) is 0 Å². The Balaban J connectivity index is 0.000000187. The highest BCUT2D eigenvalue weighted by Crippen LogP contribution is 2.28. The number of carbonyl (C=O) groups excluding carboxylic acids is 1. The largest absolute Gasteiger partial charge is 0.490 e. The van der Waals surface area contributed by atoms with Gasteiger partial charge < -0.3 is 37.7 Å². The molecule has 0 radical (unpaired) electrons. The lowest BCUT2D eigenvalue weighted by atomic mass is 10.0. The number of piperazine rings is 1. The van der Waals surface area contributed by atoms with Gasteiger partial charge in [0.25, 0.3) is 12.0 Å². The fourth-order valence-corrected chi connectivity index (χ4v) is 6.18. The molecule has 2 aliphatic rings. The Kier molecular flexibility index (Phi) is 12.3. The van der Waals surface area contributed by atoms with Crippen molar-refractivity contribution in [2.75, 3.05) is 49.2 Å². The molecule has 2 aliphatic heterocycles. The maximum absolute atomic E-state index is 12.6. The molecule has 2 unspecified atom stereocenters. The first-order chi connectivity index (χ1) is 25.8. The maximum Gasteiger partial charge on any atom is 0.410 e. The number of oxazole rings is 2. The van der Waals surface area contributed by atoms with E-state index in [9.17, 15) is 4.79 Å². The zero-order chi connectivity index (χ0) is 36.6. The number of rotatable bonds is 8. The van der Waals surface area contributed by atoms with Crippen LogP contribution in [0.1, 0.15) is 40.0 Å². The van der Waals surface area contributed by atoms with E-state index in [0.717, 1.165) is 30.7 Å². The van der Waals surface area contributed by atoms with E-state index in [4.69, 9.17) is 23.0 Å². The number of piperidine rings is 1. The first-order valence-electron chi connectivity index (χ1n) is 17.8. The number of halogens is 1. The molecule has 0 N–H and O–H groups in total. The average Bonchev–Trinajstić information content (AvgIpc) is 3.82. The van der Waals surface area contributed by atoms with Crippen molar-refractivity contribution in [1.82, 2.24) is 34.8 Å². The molecule has 2 fully saturated rings. The summed E-state index contributed by atoms with van der Waals surface area (Å²) in [7, 11) is 0. The molecule has 54 heavy (non-hydrogen) atoms. The van der Waals surface area contributed by atoms with Crippen LogP contribution in [0.2, 0.25) is 0 Å². The minimum absolute atomic E-state index is 0. The highest BCUT2D eigenvalue weighted by Gasteiger charge is 2.35. The topological polar surface area (TPSA) is 158 Å². The van der Waals surface area contributed by atoms with Crippen molar-refractivity contribution in [1.29, 1.82) is 0 Å². The van der Waals surface area contributed by atoms with E-state index in [1.807, 2.05) is 68.1 Å². The van der Waals surface area contributed by atoms with Gasteiger partial charge in [-0.3, -0.25) is 9.97 Å². The number of carbonyl (C=O) groups is 1. The van der Waals surface area contributed by atoms with E-state index >= 15 is 0 Å². The Hall–Kier alpha value is -5.70. The molecule has 0 bridgehead atoms. The van der Waals surface area contributed by atoms with Crippen molar-refractivity contribution < 1.29 is 27.8 Å². The van der Waals surface area contributed by atoms with Crippen LogP contribution < -0.4 is 19.3 Å². The van der Waals surface area contributed by atoms with E-state index in [1.165, 1.54) is 6.42 Å². The number of pyridine rings is 4. The van der Waals surface area contributed by atoms with Crippen molar-refractivity contribution in [3.8, 4) is 11.5 Å². The van der Waals surface area contributed by atoms with Crippen molar-refractivity contribution in [2.45, 2.75) is 57.7 Å². The molecule has 0 aromatic carbocycles. The molecule has 0 spiro atoms. The van der Waals surface area contributed by atoms with Gasteiger partial charge in [-0.2, -0.15) is 9.97 Å². The standard InChI is InChI=1S/C21H25N5O4.C17H18N4O2.ClH/c1-21(2,3)30-20(27)25-10-11-26(19-24-18-17(29-19)7-5-9-23-18)15(13-25)14-28-16-6-4-8-22-12-16;1-2-10-21(17-20-16-15(23-17)7-4-9-19-16)13(5-1)12-22-14-6-3-8-18-11-14;/h4-9,12,15H,10-11,13-14H2,1-3H3;3-4,6-9,11,13H,1-2,5,10,12H2;1H. The minimum Gasteiger partial charge on any atom is -0.490 e. The molecule has 284 valence electrons. The van der Waals surface area contributed by atoms with Crippen LogP contribution in [0.5, 0.6) is 11.5 Å². The van der Waals surface area contributed by atoms with Gasteiger partial charge in [0.2, 0.25) is 11.3 Å². The quantitative estimate of drug-likeness (QED) is 0.163. The van der Waals surface area contributed by atoms with Gasteiger partial charge in [-0.1, -0.05) is 0 Å². The van der Waals surface area contributed by atoms with Crippen LogP contribution in [-0.2, 0) is 4.74 Å². The molecule has 2 saturated heterocycles. The van der Waals surface area contributed by atoms with E-state index in [2.05, 4.69) is 34.8 Å². The van der Waals surface area contributed by atoms with E-state index in [-0.39, 0.29) is 30.6 Å². The summed E-state index contributed by atoms with van der Waals surface area (Å²) in [6.07, 6.45) is 13.3. The number of anilines is 2. The highest BCUT2D eigenvalue weighted by atomic mass is 35.5. The molecule has 8 rings (SSSR count). The van der Waals surface area contributed by atoms with Gasteiger partial charge in [0, 0.05) is 51.0 Å². The van der Waals surface area contributed by atoms with Crippen LogP contribution in [0.15, 0.2) is 94.5 Å². The number of amides is 1. The molecule has 2 atom stereocenters. The van der Waals surface area contributed by atoms with Crippen LogP contribution in [-0.4, -0.2) is 98.0 Å². The molecule has 15 nitrogen and oxygen atoms in total. The number of hydrogen-bond donors (Lipinski definition) is 0. The SMILES string of the molecule is CC(C)(C)OC(=O)N1CCN(c2nc3ncccc3o2)C(COc2cccnc2)C1.Cl.c1cncc(OCC2CCCCN2c2nc3ncccc3o2)c1. The van der Waals surface area contributed by atoms with Gasteiger partial charge in [-0.15, -0.1) is 12.4 Å². The third kappa shape index (κ3) is 9.64. The molecular formula is C38H44ClN9O6. The fraction of sp³-hybridized carbons (Fsp3) is 0.395. The summed E-state index contributed by atoms with van der Waals surface area (Å²) in [4.78, 5) is 44.2. The van der Waals surface area contributed by atoms with E-state index < -0.39 is 5.60 Å². The predicted molar refractivity (Wildman–Crippen MR) is 204 cm³/mol. The number of hydrogen-bond acceptors (Lipinski definition) is 14. The van der Waals surface area contributed by atoms with Crippen LogP contribution in [0.3, 0.4) is 0 Å². The van der Waals surface area contributed by atoms with Crippen molar-refractivity contribution >= 4 is 53.0 Å². The van der Waals surface area contributed by atoms with E-state index in [1.54, 1.807) is 48.1 Å². The van der Waals surface area contributed by atoms with Crippen molar-refractivity contribution in [2.24, 2.45) is 0 Å². The Morgan fingerprint density at radius 3 is 1.83 bits per heavy atom. The summed E-state index contributed by atoms with van der Waals surface area (Å²) in [6.45, 7) is 8.86. The third-order valence-electron chi connectivity index (χ3n) is 8.71. The Morgan fingerprint density at radius 1 is 0.741 bits per heavy atom. The summed E-state index contributed by atoms with van der Waals surface area (Å²) in [5, 5.41) is 0. The predicted octanol–water partition coefficient (Wildman–Crippen LogP) is 6.60. The second-order valence-corrected chi connectivity index (χ2v) is 13.8. The lowest BCUT2D eigenvalue weighted by Gasteiger charge is -2.40. The lowest BCUT2D eigenvalue weighted by molar-refractivity contribution is 0.0198. The third-order valence-corrected chi connectivity index (χ3v) is 8.71. The van der Waals surface area contributed by atoms with Gasteiger partial charge in [0.1, 0.15) is 30.3 Å². The average molecular weight is 758 g/mol. The van der Waals surface area contributed by atoms with Gasteiger partial charge in [-0.05, 0) is 88.6 Å². The number of fused-ring (bicyclic) bond motifs is 2. The fourth-order valence-electron chi connectivity index (χ4n) is 6.18. The Labute approximate surface area is 319 Å². The van der Waals surface area contributed by atoms with Crippen LogP contribution in [0.25, 0.3) is 22.5 Å². The first kappa shape index (κ1) is 38.0. The summed E-state index contributed by atoms with van der Waals surface area (Å²) in [5.74, 6) is 1.45.